The normalized spacial score (nSPS) is 10.7. The van der Waals surface area contributed by atoms with Gasteiger partial charge in [0.2, 0.25) is 0 Å². The number of anilines is 1. The molecule has 1 N–H and O–H groups in total. The summed E-state index contributed by atoms with van der Waals surface area (Å²) < 4.78 is 4.63. The SMILES string of the molecule is COC(=O)c1ccc(N(C)CC/C(CN=[N+]=[N-])=N/O)cc1. The van der Waals surface area contributed by atoms with E-state index in [-0.39, 0.29) is 12.5 Å². The first-order valence-corrected chi connectivity index (χ1v) is 6.22. The van der Waals surface area contributed by atoms with Crippen LogP contribution in [0.5, 0.6) is 0 Å². The summed E-state index contributed by atoms with van der Waals surface area (Å²) in [5, 5.41) is 15.3. The predicted octanol–water partition coefficient (Wildman–Crippen LogP) is 2.44. The van der Waals surface area contributed by atoms with E-state index in [1.54, 1.807) is 24.3 Å². The van der Waals surface area contributed by atoms with Crippen molar-refractivity contribution in [3.8, 4) is 0 Å². The zero-order valence-corrected chi connectivity index (χ0v) is 11.9. The molecule has 0 unspecified atom stereocenters. The van der Waals surface area contributed by atoms with Crippen molar-refractivity contribution in [3.63, 3.8) is 0 Å². The van der Waals surface area contributed by atoms with E-state index in [0.29, 0.717) is 24.2 Å². The van der Waals surface area contributed by atoms with Crippen LogP contribution in [0, 0.1) is 0 Å². The van der Waals surface area contributed by atoms with Crippen molar-refractivity contribution < 1.29 is 14.7 Å². The molecule has 21 heavy (non-hydrogen) atoms. The molecule has 0 heterocycles. The molecule has 0 radical (unpaired) electrons. The van der Waals surface area contributed by atoms with Gasteiger partial charge in [-0.15, -0.1) is 0 Å². The standard InChI is InChI=1S/C13H17N5O3/c1-18(8-7-11(16-20)9-15-17-14)12-5-3-10(4-6-12)13(19)21-2/h3-6,20H,7-9H2,1-2H3/b16-11-. The fourth-order valence-electron chi connectivity index (χ4n) is 1.67. The molecule has 0 amide bonds. The van der Waals surface area contributed by atoms with Gasteiger partial charge in [-0.2, -0.15) is 0 Å². The Kier molecular flexibility index (Phi) is 6.56. The first-order chi connectivity index (χ1) is 10.1. The molecular weight excluding hydrogens is 274 g/mol. The van der Waals surface area contributed by atoms with Crippen LogP contribution >= 0.6 is 0 Å². The summed E-state index contributed by atoms with van der Waals surface area (Å²) in [6.45, 7) is 0.625. The van der Waals surface area contributed by atoms with Crippen molar-refractivity contribution >= 4 is 17.4 Å². The second-order valence-corrected chi connectivity index (χ2v) is 4.27. The molecule has 0 atom stereocenters. The molecule has 0 saturated heterocycles. The predicted molar refractivity (Wildman–Crippen MR) is 78.9 cm³/mol. The molecule has 0 aliphatic carbocycles. The van der Waals surface area contributed by atoms with E-state index in [4.69, 9.17) is 10.7 Å². The monoisotopic (exact) mass is 291 g/mol. The van der Waals surface area contributed by atoms with Gasteiger partial charge in [-0.3, -0.25) is 0 Å². The number of carbonyl (C=O) groups excluding carboxylic acids is 1. The van der Waals surface area contributed by atoms with Crippen molar-refractivity contribution in [2.45, 2.75) is 6.42 Å². The van der Waals surface area contributed by atoms with Crippen LogP contribution in [0.2, 0.25) is 0 Å². The smallest absolute Gasteiger partial charge is 0.337 e. The van der Waals surface area contributed by atoms with E-state index in [1.165, 1.54) is 7.11 Å². The summed E-state index contributed by atoms with van der Waals surface area (Å²) in [4.78, 5) is 15.9. The van der Waals surface area contributed by atoms with Gasteiger partial charge in [-0.1, -0.05) is 10.3 Å². The fraction of sp³-hybridized carbons (Fsp3) is 0.385. The number of nitrogens with zero attached hydrogens (tertiary/aromatic N) is 5. The molecular formula is C13H17N5O3. The molecule has 112 valence electrons. The Morgan fingerprint density at radius 3 is 2.62 bits per heavy atom. The molecule has 0 aromatic heterocycles. The van der Waals surface area contributed by atoms with Crippen molar-refractivity contribution in [1.29, 1.82) is 0 Å². The van der Waals surface area contributed by atoms with E-state index >= 15 is 0 Å². The second-order valence-electron chi connectivity index (χ2n) is 4.27. The number of methoxy groups -OCH3 is 1. The summed E-state index contributed by atoms with van der Waals surface area (Å²) in [5.41, 5.74) is 10.0. The lowest BCUT2D eigenvalue weighted by molar-refractivity contribution is 0.0601. The van der Waals surface area contributed by atoms with Crippen LogP contribution in [-0.2, 0) is 4.74 Å². The molecule has 8 nitrogen and oxygen atoms in total. The lowest BCUT2D eigenvalue weighted by Gasteiger charge is -2.19. The summed E-state index contributed by atoms with van der Waals surface area (Å²) in [6.07, 6.45) is 0.463. The first kappa shape index (κ1) is 16.3. The highest BCUT2D eigenvalue weighted by atomic mass is 16.5. The van der Waals surface area contributed by atoms with Crippen molar-refractivity contribution in [2.75, 3.05) is 32.1 Å². The average molecular weight is 291 g/mol. The largest absolute Gasteiger partial charge is 0.465 e. The lowest BCUT2D eigenvalue weighted by Crippen LogP contribution is -2.22. The molecule has 0 fully saturated rings. The van der Waals surface area contributed by atoms with Crippen LogP contribution in [0.15, 0.2) is 34.5 Å². The van der Waals surface area contributed by atoms with Gasteiger partial charge >= 0.3 is 5.97 Å². The number of benzene rings is 1. The molecule has 1 aromatic carbocycles. The summed E-state index contributed by atoms with van der Waals surface area (Å²) in [6, 6.07) is 6.96. The van der Waals surface area contributed by atoms with Gasteiger partial charge in [0.15, 0.2) is 0 Å². The fourth-order valence-corrected chi connectivity index (χ4v) is 1.67. The Labute approximate surface area is 122 Å². The summed E-state index contributed by atoms with van der Waals surface area (Å²) in [7, 11) is 3.21. The molecule has 0 spiro atoms. The third-order valence-electron chi connectivity index (χ3n) is 2.92. The molecule has 0 bridgehead atoms. The highest BCUT2D eigenvalue weighted by molar-refractivity contribution is 5.89. The maximum atomic E-state index is 11.3. The minimum absolute atomic E-state index is 0.0438. The average Bonchev–Trinajstić information content (AvgIpc) is 2.54. The Hall–Kier alpha value is -2.73. The topological polar surface area (TPSA) is 111 Å². The zero-order chi connectivity index (χ0) is 15.7. The van der Waals surface area contributed by atoms with Crippen LogP contribution in [0.4, 0.5) is 5.69 Å². The van der Waals surface area contributed by atoms with E-state index in [0.717, 1.165) is 5.69 Å². The minimum Gasteiger partial charge on any atom is -0.465 e. The number of oxime groups is 1. The Morgan fingerprint density at radius 2 is 2.10 bits per heavy atom. The molecule has 0 saturated carbocycles. The van der Waals surface area contributed by atoms with E-state index in [1.807, 2.05) is 11.9 Å². The molecule has 0 aliphatic heterocycles. The lowest BCUT2D eigenvalue weighted by atomic mass is 10.2. The third-order valence-corrected chi connectivity index (χ3v) is 2.92. The maximum absolute atomic E-state index is 11.3. The first-order valence-electron chi connectivity index (χ1n) is 6.22. The van der Waals surface area contributed by atoms with Crippen LogP contribution in [0.3, 0.4) is 0 Å². The van der Waals surface area contributed by atoms with Gasteiger partial charge in [0.25, 0.3) is 0 Å². The van der Waals surface area contributed by atoms with Crippen molar-refractivity contribution in [3.05, 3.63) is 40.3 Å². The summed E-state index contributed by atoms with van der Waals surface area (Å²) >= 11 is 0. The summed E-state index contributed by atoms with van der Waals surface area (Å²) in [5.74, 6) is -0.381. The molecule has 1 aromatic rings. The molecule has 0 aliphatic rings. The van der Waals surface area contributed by atoms with E-state index in [9.17, 15) is 4.79 Å². The van der Waals surface area contributed by atoms with E-state index < -0.39 is 0 Å². The second kappa shape index (κ2) is 8.44. The quantitative estimate of drug-likeness (QED) is 0.158. The van der Waals surface area contributed by atoms with Crippen molar-refractivity contribution in [1.82, 2.24) is 0 Å². The number of rotatable bonds is 7. The third kappa shape index (κ3) is 5.04. The zero-order valence-electron chi connectivity index (χ0n) is 11.9. The van der Waals surface area contributed by atoms with Gasteiger partial charge in [0.05, 0.1) is 24.9 Å². The van der Waals surface area contributed by atoms with Crippen molar-refractivity contribution in [2.24, 2.45) is 10.3 Å². The Morgan fingerprint density at radius 1 is 1.43 bits per heavy atom. The maximum Gasteiger partial charge on any atom is 0.337 e. The van der Waals surface area contributed by atoms with Gasteiger partial charge in [-0.25, -0.2) is 4.79 Å². The molecule has 1 rings (SSSR count). The highest BCUT2D eigenvalue weighted by Crippen LogP contribution is 2.14. The highest BCUT2D eigenvalue weighted by Gasteiger charge is 2.07. The van der Waals surface area contributed by atoms with Crippen LogP contribution in [-0.4, -0.2) is 44.1 Å². The van der Waals surface area contributed by atoms with Crippen LogP contribution in [0.1, 0.15) is 16.8 Å². The van der Waals surface area contributed by atoms with Gasteiger partial charge < -0.3 is 14.8 Å². The van der Waals surface area contributed by atoms with Gasteiger partial charge in [0.1, 0.15) is 0 Å². The number of carbonyl (C=O) groups is 1. The van der Waals surface area contributed by atoms with Gasteiger partial charge in [-0.05, 0) is 29.8 Å². The number of azide groups is 1. The van der Waals surface area contributed by atoms with E-state index in [2.05, 4.69) is 19.9 Å². The molecule has 8 heteroatoms. The number of hydrogen-bond donors (Lipinski definition) is 1. The Balaban J connectivity index is 2.61. The van der Waals surface area contributed by atoms with Gasteiger partial charge in [0, 0.05) is 30.6 Å². The number of ether oxygens (including phenoxy) is 1. The van der Waals surface area contributed by atoms with Crippen LogP contribution in [0.25, 0.3) is 10.4 Å². The van der Waals surface area contributed by atoms with Crippen LogP contribution < -0.4 is 4.90 Å². The number of esters is 1. The number of hydrogen-bond acceptors (Lipinski definition) is 6. The minimum atomic E-state index is -0.381. The Bertz CT molecular complexity index is 549.